The molecule has 0 aliphatic rings. The van der Waals surface area contributed by atoms with Crippen LogP contribution in [0.25, 0.3) is 0 Å². The summed E-state index contributed by atoms with van der Waals surface area (Å²) in [5, 5.41) is 6.61. The number of unbranched alkanes of at least 4 members (excludes halogenated alkanes) is 2. The maximum atomic E-state index is 11.5. The highest BCUT2D eigenvalue weighted by molar-refractivity contribution is 7.13. The summed E-state index contributed by atoms with van der Waals surface area (Å²) < 4.78 is 16.1. The average molecular weight is 406 g/mol. The lowest BCUT2D eigenvalue weighted by Gasteiger charge is -2.11. The molecule has 0 saturated heterocycles. The van der Waals surface area contributed by atoms with Crippen molar-refractivity contribution in [2.24, 2.45) is 5.10 Å². The van der Waals surface area contributed by atoms with E-state index in [1.54, 1.807) is 20.2 Å². The molecular formula is C20H27N3O4S. The number of ether oxygens (including phenoxy) is 3. The molecular weight excluding hydrogens is 378 g/mol. The van der Waals surface area contributed by atoms with Crippen LogP contribution in [0.15, 0.2) is 28.7 Å². The zero-order chi connectivity index (χ0) is 20.2. The van der Waals surface area contributed by atoms with Crippen LogP contribution in [0.3, 0.4) is 0 Å². The fourth-order valence-corrected chi connectivity index (χ4v) is 3.04. The van der Waals surface area contributed by atoms with Crippen molar-refractivity contribution in [1.29, 1.82) is 0 Å². The Labute approximate surface area is 169 Å². The quantitative estimate of drug-likeness (QED) is 0.246. The molecule has 0 fully saturated rings. The summed E-state index contributed by atoms with van der Waals surface area (Å²) in [6.07, 6.45) is 5.17. The molecule has 0 atom stereocenters. The number of hydrogen-bond acceptors (Lipinski definition) is 8. The summed E-state index contributed by atoms with van der Waals surface area (Å²) >= 11 is 1.38. The first kappa shape index (κ1) is 21.7. The molecule has 1 aromatic carbocycles. The number of esters is 1. The molecule has 2 aromatic rings. The summed E-state index contributed by atoms with van der Waals surface area (Å²) in [5.41, 5.74) is 4.40. The van der Waals surface area contributed by atoms with Crippen LogP contribution in [-0.4, -0.2) is 37.5 Å². The highest BCUT2D eigenvalue weighted by Gasteiger charge is 2.08. The van der Waals surface area contributed by atoms with E-state index >= 15 is 0 Å². The van der Waals surface area contributed by atoms with Gasteiger partial charge in [-0.25, -0.2) is 4.98 Å². The van der Waals surface area contributed by atoms with E-state index < -0.39 is 0 Å². The van der Waals surface area contributed by atoms with Crippen molar-refractivity contribution in [2.45, 2.75) is 39.5 Å². The Morgan fingerprint density at radius 1 is 1.29 bits per heavy atom. The number of rotatable bonds is 12. The molecule has 1 heterocycles. The van der Waals surface area contributed by atoms with E-state index in [2.05, 4.69) is 22.4 Å². The fourth-order valence-electron chi connectivity index (χ4n) is 2.38. The number of carbonyl (C=O) groups is 1. The SMILES string of the molecule is CCCCCOc1ccc(C=NNc2nc(CC(=O)OCC)cs2)cc1OC. The number of thiazole rings is 1. The second-order valence-electron chi connectivity index (χ2n) is 5.96. The maximum Gasteiger partial charge on any atom is 0.311 e. The number of benzene rings is 1. The molecule has 0 bridgehead atoms. The monoisotopic (exact) mass is 405 g/mol. The van der Waals surface area contributed by atoms with Crippen molar-refractivity contribution in [3.8, 4) is 11.5 Å². The molecule has 8 heteroatoms. The number of carbonyl (C=O) groups excluding carboxylic acids is 1. The van der Waals surface area contributed by atoms with Gasteiger partial charge >= 0.3 is 5.97 Å². The van der Waals surface area contributed by atoms with E-state index in [1.165, 1.54) is 11.3 Å². The molecule has 7 nitrogen and oxygen atoms in total. The van der Waals surface area contributed by atoms with Crippen LogP contribution in [-0.2, 0) is 16.0 Å². The number of nitrogens with one attached hydrogen (secondary N) is 1. The summed E-state index contributed by atoms with van der Waals surface area (Å²) in [5.74, 6) is 1.12. The number of anilines is 1. The van der Waals surface area contributed by atoms with Crippen molar-refractivity contribution < 1.29 is 19.0 Å². The largest absolute Gasteiger partial charge is 0.493 e. The standard InChI is InChI=1S/C20H27N3O4S/c1-4-6-7-10-27-17-9-8-15(11-18(17)25-3)13-21-23-20-22-16(14-28-20)12-19(24)26-5-2/h8-9,11,13-14H,4-7,10,12H2,1-3H3,(H,22,23). The Morgan fingerprint density at radius 2 is 2.14 bits per heavy atom. The smallest absolute Gasteiger partial charge is 0.311 e. The van der Waals surface area contributed by atoms with Crippen LogP contribution in [0.4, 0.5) is 5.13 Å². The molecule has 0 radical (unpaired) electrons. The third-order valence-electron chi connectivity index (χ3n) is 3.75. The van der Waals surface area contributed by atoms with Gasteiger partial charge in [0.1, 0.15) is 0 Å². The Hall–Kier alpha value is -2.61. The van der Waals surface area contributed by atoms with Crippen molar-refractivity contribution in [3.05, 3.63) is 34.8 Å². The van der Waals surface area contributed by atoms with E-state index in [0.717, 1.165) is 30.6 Å². The minimum absolute atomic E-state index is 0.159. The first-order valence-corrected chi connectivity index (χ1v) is 10.2. The molecule has 0 amide bonds. The third-order valence-corrected chi connectivity index (χ3v) is 4.55. The first-order chi connectivity index (χ1) is 13.7. The summed E-state index contributed by atoms with van der Waals surface area (Å²) in [7, 11) is 1.62. The molecule has 0 aliphatic carbocycles. The van der Waals surface area contributed by atoms with Gasteiger partial charge in [-0.2, -0.15) is 5.10 Å². The second kappa shape index (κ2) is 12.0. The van der Waals surface area contributed by atoms with Gasteiger partial charge in [0.15, 0.2) is 11.5 Å². The highest BCUT2D eigenvalue weighted by Crippen LogP contribution is 2.28. The molecule has 0 aliphatic heterocycles. The van der Waals surface area contributed by atoms with Crippen LogP contribution in [0.1, 0.15) is 44.4 Å². The molecule has 0 unspecified atom stereocenters. The van der Waals surface area contributed by atoms with Crippen molar-refractivity contribution in [3.63, 3.8) is 0 Å². The Balaban J connectivity index is 1.89. The van der Waals surface area contributed by atoms with E-state index in [9.17, 15) is 4.79 Å². The van der Waals surface area contributed by atoms with Gasteiger partial charge in [-0.15, -0.1) is 11.3 Å². The van der Waals surface area contributed by atoms with Crippen LogP contribution in [0, 0.1) is 0 Å². The lowest BCUT2D eigenvalue weighted by Crippen LogP contribution is -2.07. The summed E-state index contributed by atoms with van der Waals surface area (Å²) in [4.78, 5) is 15.8. The number of nitrogens with zero attached hydrogens (tertiary/aromatic N) is 2. The Kier molecular flexibility index (Phi) is 9.27. The number of aromatic nitrogens is 1. The van der Waals surface area contributed by atoms with Crippen molar-refractivity contribution in [1.82, 2.24) is 4.98 Å². The zero-order valence-electron chi connectivity index (χ0n) is 16.6. The normalized spacial score (nSPS) is 10.8. The second-order valence-corrected chi connectivity index (χ2v) is 6.82. The van der Waals surface area contributed by atoms with Crippen LogP contribution in [0.2, 0.25) is 0 Å². The van der Waals surface area contributed by atoms with E-state index in [1.807, 2.05) is 23.6 Å². The molecule has 0 spiro atoms. The minimum atomic E-state index is -0.285. The number of methoxy groups -OCH3 is 1. The Bertz CT molecular complexity index is 777. The maximum absolute atomic E-state index is 11.5. The van der Waals surface area contributed by atoms with Crippen LogP contribution >= 0.6 is 11.3 Å². The summed E-state index contributed by atoms with van der Waals surface area (Å²) in [6.45, 7) is 4.98. The van der Waals surface area contributed by atoms with Crippen molar-refractivity contribution >= 4 is 28.7 Å². The van der Waals surface area contributed by atoms with E-state index in [0.29, 0.717) is 29.8 Å². The number of hydrogen-bond donors (Lipinski definition) is 1. The van der Waals surface area contributed by atoms with Crippen molar-refractivity contribution in [2.75, 3.05) is 25.7 Å². The fraction of sp³-hybridized carbons (Fsp3) is 0.450. The van der Waals surface area contributed by atoms with E-state index in [4.69, 9.17) is 14.2 Å². The molecule has 1 N–H and O–H groups in total. The van der Waals surface area contributed by atoms with Gasteiger partial charge in [-0.05, 0) is 37.1 Å². The van der Waals surface area contributed by atoms with Gasteiger partial charge in [-0.3, -0.25) is 10.2 Å². The van der Waals surface area contributed by atoms with Crippen LogP contribution in [0.5, 0.6) is 11.5 Å². The Morgan fingerprint density at radius 3 is 2.89 bits per heavy atom. The molecule has 152 valence electrons. The topological polar surface area (TPSA) is 82.0 Å². The zero-order valence-corrected chi connectivity index (χ0v) is 17.4. The average Bonchev–Trinajstić information content (AvgIpc) is 3.13. The van der Waals surface area contributed by atoms with E-state index in [-0.39, 0.29) is 12.4 Å². The predicted octanol–water partition coefficient (Wildman–Crippen LogP) is 4.27. The van der Waals surface area contributed by atoms with Gasteiger partial charge in [-0.1, -0.05) is 19.8 Å². The molecule has 2 rings (SSSR count). The lowest BCUT2D eigenvalue weighted by molar-refractivity contribution is -0.142. The third kappa shape index (κ3) is 7.19. The van der Waals surface area contributed by atoms with Crippen LogP contribution < -0.4 is 14.9 Å². The first-order valence-electron chi connectivity index (χ1n) is 9.36. The predicted molar refractivity (Wildman–Crippen MR) is 112 cm³/mol. The van der Waals surface area contributed by atoms with Gasteiger partial charge in [0, 0.05) is 5.38 Å². The molecule has 28 heavy (non-hydrogen) atoms. The van der Waals surface area contributed by atoms with Gasteiger partial charge in [0.25, 0.3) is 0 Å². The lowest BCUT2D eigenvalue weighted by atomic mass is 10.2. The van der Waals surface area contributed by atoms with Gasteiger partial charge in [0.05, 0.1) is 38.7 Å². The number of hydrazone groups is 1. The van der Waals surface area contributed by atoms with Gasteiger partial charge in [0.2, 0.25) is 5.13 Å². The molecule has 1 aromatic heterocycles. The molecule has 0 saturated carbocycles. The minimum Gasteiger partial charge on any atom is -0.493 e. The van der Waals surface area contributed by atoms with Gasteiger partial charge < -0.3 is 14.2 Å². The highest BCUT2D eigenvalue weighted by atomic mass is 32.1. The summed E-state index contributed by atoms with van der Waals surface area (Å²) in [6, 6.07) is 5.66.